The first-order valence-electron chi connectivity index (χ1n) is 8.43. The van der Waals surface area contributed by atoms with Crippen molar-refractivity contribution in [2.45, 2.75) is 25.1 Å². The minimum absolute atomic E-state index is 0.00821. The number of carbonyl (C=O) groups excluding carboxylic acids is 1. The van der Waals surface area contributed by atoms with Gasteiger partial charge in [-0.05, 0) is 30.0 Å². The van der Waals surface area contributed by atoms with Crippen molar-refractivity contribution < 1.29 is 22.7 Å². The number of carbonyl (C=O) groups is 1. The molecule has 0 radical (unpaired) electrons. The molecular weight excluding hydrogens is 374 g/mol. The van der Waals surface area contributed by atoms with Crippen molar-refractivity contribution in [2.24, 2.45) is 0 Å². The van der Waals surface area contributed by atoms with E-state index in [2.05, 4.69) is 0 Å². The van der Waals surface area contributed by atoms with E-state index >= 15 is 0 Å². The van der Waals surface area contributed by atoms with Gasteiger partial charge in [0.25, 0.3) is 5.91 Å². The van der Waals surface area contributed by atoms with Crippen LogP contribution in [0.4, 0.5) is 0 Å². The minimum atomic E-state index is -3.09. The van der Waals surface area contributed by atoms with Crippen LogP contribution in [0.25, 0.3) is 0 Å². The van der Waals surface area contributed by atoms with E-state index in [1.165, 1.54) is 0 Å². The van der Waals surface area contributed by atoms with Gasteiger partial charge in [-0.1, -0.05) is 18.2 Å². The number of ether oxygens (including phenoxy) is 2. The summed E-state index contributed by atoms with van der Waals surface area (Å²) in [7, 11) is -3.09. The number of sulfone groups is 1. The van der Waals surface area contributed by atoms with E-state index in [-0.39, 0.29) is 30.1 Å². The van der Waals surface area contributed by atoms with E-state index in [9.17, 15) is 13.2 Å². The number of para-hydroxylation sites is 2. The van der Waals surface area contributed by atoms with Crippen LogP contribution in [0.2, 0.25) is 0 Å². The molecule has 2 atom stereocenters. The maximum atomic E-state index is 13.2. The lowest BCUT2D eigenvalue weighted by atomic mass is 10.1. The molecule has 2 aliphatic rings. The zero-order valence-electron chi connectivity index (χ0n) is 14.0. The van der Waals surface area contributed by atoms with Crippen LogP contribution in [-0.2, 0) is 21.2 Å². The summed E-state index contributed by atoms with van der Waals surface area (Å²) in [6, 6.07) is 10.8. The first-order valence-corrected chi connectivity index (χ1v) is 11.1. The van der Waals surface area contributed by atoms with E-state index in [4.69, 9.17) is 9.47 Å². The Kier molecular flexibility index (Phi) is 4.62. The van der Waals surface area contributed by atoms with Gasteiger partial charge in [0.1, 0.15) is 6.61 Å². The standard InChI is InChI=1S/C18H19NO5S2/c20-18(17-11-23-15-5-1-2-6-16(15)24-17)19(10-14-4-3-8-25-14)13-7-9-26(21,22)12-13/h1-6,8,13,17H,7,9-12H2/t13-,17-/m1/s1. The number of thiophene rings is 1. The molecule has 0 saturated carbocycles. The van der Waals surface area contributed by atoms with Gasteiger partial charge in [-0.2, -0.15) is 0 Å². The van der Waals surface area contributed by atoms with Crippen LogP contribution in [0.3, 0.4) is 0 Å². The van der Waals surface area contributed by atoms with Crippen LogP contribution in [0.1, 0.15) is 11.3 Å². The summed E-state index contributed by atoms with van der Waals surface area (Å²) in [5.74, 6) is 1.05. The highest BCUT2D eigenvalue weighted by Crippen LogP contribution is 2.32. The van der Waals surface area contributed by atoms with Crippen LogP contribution in [0.5, 0.6) is 11.5 Å². The van der Waals surface area contributed by atoms with Crippen molar-refractivity contribution in [3.8, 4) is 11.5 Å². The minimum Gasteiger partial charge on any atom is -0.485 e. The van der Waals surface area contributed by atoms with Crippen molar-refractivity contribution in [1.82, 2.24) is 4.90 Å². The van der Waals surface area contributed by atoms with Gasteiger partial charge in [-0.15, -0.1) is 11.3 Å². The molecule has 1 aromatic carbocycles. The summed E-state index contributed by atoms with van der Waals surface area (Å²) >= 11 is 1.55. The number of amides is 1. The monoisotopic (exact) mass is 393 g/mol. The lowest BCUT2D eigenvalue weighted by Gasteiger charge is -2.33. The highest BCUT2D eigenvalue weighted by molar-refractivity contribution is 7.91. The van der Waals surface area contributed by atoms with Crippen LogP contribution >= 0.6 is 11.3 Å². The SMILES string of the molecule is O=C([C@H]1COc2ccccc2O1)N(Cc1cccs1)[C@@H]1CCS(=O)(=O)C1. The van der Waals surface area contributed by atoms with Gasteiger partial charge in [-0.25, -0.2) is 8.42 Å². The molecule has 0 unspecified atom stereocenters. The Hall–Kier alpha value is -2.06. The number of nitrogens with zero attached hydrogens (tertiary/aromatic N) is 1. The molecule has 1 aromatic heterocycles. The van der Waals surface area contributed by atoms with E-state index in [1.807, 2.05) is 29.6 Å². The topological polar surface area (TPSA) is 72.9 Å². The molecule has 0 spiro atoms. The predicted molar refractivity (Wildman–Crippen MR) is 98.3 cm³/mol. The molecule has 4 rings (SSSR count). The van der Waals surface area contributed by atoms with Crippen molar-refractivity contribution in [2.75, 3.05) is 18.1 Å². The summed E-state index contributed by atoms with van der Waals surface area (Å²) in [6.45, 7) is 0.508. The summed E-state index contributed by atoms with van der Waals surface area (Å²) in [5, 5.41) is 1.94. The van der Waals surface area contributed by atoms with Crippen molar-refractivity contribution in [1.29, 1.82) is 0 Å². The van der Waals surface area contributed by atoms with Crippen molar-refractivity contribution in [3.05, 3.63) is 46.7 Å². The van der Waals surface area contributed by atoms with Gasteiger partial charge in [0.15, 0.2) is 21.3 Å². The number of fused-ring (bicyclic) bond motifs is 1. The highest BCUT2D eigenvalue weighted by atomic mass is 32.2. The number of benzene rings is 1. The summed E-state index contributed by atoms with van der Waals surface area (Å²) < 4.78 is 35.3. The maximum Gasteiger partial charge on any atom is 0.267 e. The molecule has 3 heterocycles. The second-order valence-electron chi connectivity index (χ2n) is 6.47. The van der Waals surface area contributed by atoms with Gasteiger partial charge < -0.3 is 14.4 Å². The van der Waals surface area contributed by atoms with Crippen LogP contribution in [0, 0.1) is 0 Å². The first kappa shape index (κ1) is 17.4. The quantitative estimate of drug-likeness (QED) is 0.795. The molecule has 138 valence electrons. The summed E-state index contributed by atoms with van der Waals surface area (Å²) in [5.41, 5.74) is 0. The average Bonchev–Trinajstić information content (AvgIpc) is 3.27. The van der Waals surface area contributed by atoms with E-state index < -0.39 is 15.9 Å². The molecule has 26 heavy (non-hydrogen) atoms. The fourth-order valence-electron chi connectivity index (χ4n) is 3.30. The van der Waals surface area contributed by atoms with Gasteiger partial charge in [0.05, 0.1) is 18.1 Å². The predicted octanol–water partition coefficient (Wildman–Crippen LogP) is 2.10. The van der Waals surface area contributed by atoms with Crippen molar-refractivity contribution >= 4 is 27.1 Å². The average molecular weight is 393 g/mol. The highest BCUT2D eigenvalue weighted by Gasteiger charge is 2.39. The molecule has 2 aromatic rings. The Balaban J connectivity index is 1.56. The normalized spacial score (nSPS) is 23.5. The van der Waals surface area contributed by atoms with Crippen LogP contribution in [0.15, 0.2) is 41.8 Å². The number of rotatable bonds is 4. The number of hydrogen-bond donors (Lipinski definition) is 0. The fourth-order valence-corrected chi connectivity index (χ4v) is 5.74. The molecule has 2 aliphatic heterocycles. The molecule has 6 nitrogen and oxygen atoms in total. The zero-order chi connectivity index (χ0) is 18.1. The molecule has 0 N–H and O–H groups in total. The molecule has 0 bridgehead atoms. The van der Waals surface area contributed by atoms with Gasteiger partial charge >= 0.3 is 0 Å². The Labute approximate surface area is 156 Å². The first-order chi connectivity index (χ1) is 12.5. The fraction of sp³-hybridized carbons (Fsp3) is 0.389. The van der Waals surface area contributed by atoms with Gasteiger partial charge in [0.2, 0.25) is 6.10 Å². The lowest BCUT2D eigenvalue weighted by molar-refractivity contribution is -0.143. The zero-order valence-corrected chi connectivity index (χ0v) is 15.7. The second-order valence-corrected chi connectivity index (χ2v) is 9.73. The Morgan fingerprint density at radius 1 is 1.19 bits per heavy atom. The number of hydrogen-bond acceptors (Lipinski definition) is 6. The summed E-state index contributed by atoms with van der Waals surface area (Å²) in [6.07, 6.45) is -0.308. The molecule has 8 heteroatoms. The smallest absolute Gasteiger partial charge is 0.267 e. The Morgan fingerprint density at radius 3 is 2.69 bits per heavy atom. The second kappa shape index (κ2) is 6.92. The van der Waals surface area contributed by atoms with Crippen LogP contribution in [-0.4, -0.2) is 49.5 Å². The summed E-state index contributed by atoms with van der Waals surface area (Å²) in [4.78, 5) is 15.8. The Bertz CT molecular complexity index is 894. The molecule has 1 saturated heterocycles. The molecule has 1 fully saturated rings. The van der Waals surface area contributed by atoms with Crippen molar-refractivity contribution in [3.63, 3.8) is 0 Å². The largest absolute Gasteiger partial charge is 0.485 e. The van der Waals surface area contributed by atoms with E-state index in [1.54, 1.807) is 28.4 Å². The third-order valence-corrected chi connectivity index (χ3v) is 7.23. The van der Waals surface area contributed by atoms with E-state index in [0.717, 1.165) is 4.88 Å². The maximum absolute atomic E-state index is 13.2. The van der Waals surface area contributed by atoms with Gasteiger partial charge in [-0.3, -0.25) is 4.79 Å². The third kappa shape index (κ3) is 3.57. The molecule has 1 amide bonds. The van der Waals surface area contributed by atoms with Gasteiger partial charge in [0, 0.05) is 10.9 Å². The van der Waals surface area contributed by atoms with Crippen LogP contribution < -0.4 is 9.47 Å². The molecular formula is C18H19NO5S2. The molecule has 0 aliphatic carbocycles. The Morgan fingerprint density at radius 2 is 2.00 bits per heavy atom. The van der Waals surface area contributed by atoms with E-state index in [0.29, 0.717) is 24.5 Å². The lowest BCUT2D eigenvalue weighted by Crippen LogP contribution is -2.50. The third-order valence-electron chi connectivity index (χ3n) is 4.62.